The number of allylic oxidation sites excluding steroid dienone is 2. The molecule has 0 fully saturated rings. The Hall–Kier alpha value is -1.28. The molecule has 1 heterocycles. The van der Waals surface area contributed by atoms with Crippen molar-refractivity contribution in [2.45, 2.75) is 168 Å². The van der Waals surface area contributed by atoms with Crippen LogP contribution in [0.2, 0.25) is 0 Å². The highest BCUT2D eigenvalue weighted by molar-refractivity contribution is 5.95. The molecule has 7 heteroatoms. The largest absolute Gasteiger partial charge is 0.394 e. The van der Waals surface area contributed by atoms with Crippen LogP contribution in [0.3, 0.4) is 0 Å². The van der Waals surface area contributed by atoms with Gasteiger partial charge in [0.25, 0.3) is 0 Å². The first kappa shape index (κ1) is 41.7. The summed E-state index contributed by atoms with van der Waals surface area (Å²) in [6.07, 6.45) is 28.5. The van der Waals surface area contributed by atoms with Crippen LogP contribution in [-0.2, 0) is 14.3 Å². The van der Waals surface area contributed by atoms with E-state index >= 15 is 0 Å². The highest BCUT2D eigenvalue weighted by Crippen LogP contribution is 2.15. The highest BCUT2D eigenvalue weighted by atomic mass is 16.5. The Bertz CT molecular complexity index is 729. The van der Waals surface area contributed by atoms with Crippen molar-refractivity contribution in [3.05, 3.63) is 12.2 Å². The van der Waals surface area contributed by atoms with Crippen LogP contribution in [0.5, 0.6) is 0 Å². The molecule has 1 atom stereocenters. The Morgan fingerprint density at radius 1 is 0.711 bits per heavy atom. The Kier molecular flexibility index (Phi) is 27.9. The Labute approximate surface area is 277 Å². The Morgan fingerprint density at radius 2 is 1.22 bits per heavy atom. The van der Waals surface area contributed by atoms with Gasteiger partial charge in [0.1, 0.15) is 0 Å². The molecule has 1 aliphatic heterocycles. The van der Waals surface area contributed by atoms with Crippen molar-refractivity contribution in [2.24, 2.45) is 5.92 Å². The van der Waals surface area contributed by atoms with E-state index < -0.39 is 6.10 Å². The molecule has 0 spiro atoms. The average Bonchev–Trinajstić information content (AvgIpc) is 3.02. The van der Waals surface area contributed by atoms with Gasteiger partial charge in [0, 0.05) is 45.7 Å². The monoisotopic (exact) mass is 637 g/mol. The van der Waals surface area contributed by atoms with Crippen LogP contribution in [0.25, 0.3) is 0 Å². The number of hydrogen-bond acceptors (Lipinski definition) is 6. The number of imide groups is 1. The molecule has 0 aromatic rings. The number of amides is 2. The van der Waals surface area contributed by atoms with E-state index in [1.54, 1.807) is 0 Å². The molecule has 2 N–H and O–H groups in total. The standard InChI is InChI=1S/C38H72N2O5/c1-35(2)25-19-15-11-9-10-14-18-22-31-45-32-24-29-39(33-36(42)34-41)28-23-30-40-37(43)26-20-16-12-7-5-3-4-6-8-13-17-21-27-38(40)44/h3,5,35-36,41-42H,4,6-34H2,1-2H3/b5-3-. The third kappa shape index (κ3) is 25.5. The van der Waals surface area contributed by atoms with Gasteiger partial charge >= 0.3 is 0 Å². The average molecular weight is 637 g/mol. The van der Waals surface area contributed by atoms with E-state index in [1.165, 1.54) is 69.1 Å². The minimum atomic E-state index is -0.800. The first-order chi connectivity index (χ1) is 21.9. The van der Waals surface area contributed by atoms with Gasteiger partial charge in [0.15, 0.2) is 0 Å². The normalized spacial score (nSPS) is 18.0. The molecule has 0 aromatic heterocycles. The molecule has 2 amide bonds. The second kappa shape index (κ2) is 30.1. The quantitative estimate of drug-likeness (QED) is 0.0707. The van der Waals surface area contributed by atoms with Gasteiger partial charge in [-0.25, -0.2) is 0 Å². The summed E-state index contributed by atoms with van der Waals surface area (Å²) in [6, 6.07) is 0. The third-order valence-electron chi connectivity index (χ3n) is 8.91. The molecular weight excluding hydrogens is 564 g/mol. The maximum Gasteiger partial charge on any atom is 0.229 e. The summed E-state index contributed by atoms with van der Waals surface area (Å²) in [5.41, 5.74) is 0. The fourth-order valence-electron chi connectivity index (χ4n) is 6.09. The molecule has 0 aromatic carbocycles. The van der Waals surface area contributed by atoms with E-state index in [2.05, 4.69) is 30.9 Å². The van der Waals surface area contributed by atoms with Crippen LogP contribution in [0.1, 0.15) is 162 Å². The molecule has 7 nitrogen and oxygen atoms in total. The number of carbonyl (C=O) groups is 2. The van der Waals surface area contributed by atoms with Gasteiger partial charge < -0.3 is 19.8 Å². The van der Waals surface area contributed by atoms with Crippen molar-refractivity contribution in [2.75, 3.05) is 46.0 Å². The summed E-state index contributed by atoms with van der Waals surface area (Å²) >= 11 is 0. The highest BCUT2D eigenvalue weighted by Gasteiger charge is 2.21. The summed E-state index contributed by atoms with van der Waals surface area (Å²) in [6.45, 7) is 8.02. The molecule has 0 radical (unpaired) electrons. The predicted octanol–water partition coefficient (Wildman–Crippen LogP) is 8.21. The molecule has 0 saturated heterocycles. The van der Waals surface area contributed by atoms with Gasteiger partial charge in [-0.3, -0.25) is 14.5 Å². The van der Waals surface area contributed by atoms with Crippen molar-refractivity contribution in [3.8, 4) is 0 Å². The summed E-state index contributed by atoms with van der Waals surface area (Å²) in [5, 5.41) is 19.5. The van der Waals surface area contributed by atoms with E-state index in [-0.39, 0.29) is 18.4 Å². The first-order valence-electron chi connectivity index (χ1n) is 19.0. The minimum absolute atomic E-state index is 0.0389. The van der Waals surface area contributed by atoms with E-state index in [0.29, 0.717) is 45.5 Å². The summed E-state index contributed by atoms with van der Waals surface area (Å²) in [5.74, 6) is 0.744. The van der Waals surface area contributed by atoms with Crippen LogP contribution in [-0.4, -0.2) is 83.9 Å². The Balaban J connectivity index is 2.36. The lowest BCUT2D eigenvalue weighted by Crippen LogP contribution is -2.40. The van der Waals surface area contributed by atoms with Gasteiger partial charge in [-0.1, -0.05) is 103 Å². The summed E-state index contributed by atoms with van der Waals surface area (Å²) in [7, 11) is 0. The van der Waals surface area contributed by atoms with Gasteiger partial charge in [-0.2, -0.15) is 0 Å². The van der Waals surface area contributed by atoms with Gasteiger partial charge in [0.2, 0.25) is 11.8 Å². The zero-order valence-corrected chi connectivity index (χ0v) is 29.5. The zero-order valence-electron chi connectivity index (χ0n) is 29.5. The molecule has 1 aliphatic rings. The maximum atomic E-state index is 13.1. The van der Waals surface area contributed by atoms with E-state index in [9.17, 15) is 19.8 Å². The number of aliphatic hydroxyl groups excluding tert-OH is 2. The molecule has 1 rings (SSSR count). The number of hydrogen-bond donors (Lipinski definition) is 2. The summed E-state index contributed by atoms with van der Waals surface area (Å²) in [4.78, 5) is 29.8. The predicted molar refractivity (Wildman–Crippen MR) is 187 cm³/mol. The van der Waals surface area contributed by atoms with Crippen molar-refractivity contribution in [1.29, 1.82) is 0 Å². The topological polar surface area (TPSA) is 90.3 Å². The minimum Gasteiger partial charge on any atom is -0.394 e. The Morgan fingerprint density at radius 3 is 1.84 bits per heavy atom. The zero-order chi connectivity index (χ0) is 32.8. The van der Waals surface area contributed by atoms with Crippen LogP contribution in [0.4, 0.5) is 0 Å². The number of unbranched alkanes of at least 4 members (excludes halogenated alkanes) is 7. The lowest BCUT2D eigenvalue weighted by atomic mass is 10.0. The maximum absolute atomic E-state index is 13.1. The molecule has 264 valence electrons. The lowest BCUT2D eigenvalue weighted by molar-refractivity contribution is -0.145. The number of aliphatic hydroxyl groups is 2. The molecular formula is C38H72N2O5. The molecule has 1 unspecified atom stereocenters. The smallest absolute Gasteiger partial charge is 0.229 e. The van der Waals surface area contributed by atoms with E-state index in [1.807, 2.05) is 0 Å². The number of nitrogens with zero attached hydrogens (tertiary/aromatic N) is 2. The molecule has 0 saturated carbocycles. The second-order valence-corrected chi connectivity index (χ2v) is 13.8. The van der Waals surface area contributed by atoms with Gasteiger partial charge in [0.05, 0.1) is 12.7 Å². The third-order valence-corrected chi connectivity index (χ3v) is 8.91. The van der Waals surface area contributed by atoms with Gasteiger partial charge in [-0.15, -0.1) is 0 Å². The SMILES string of the molecule is CC(C)CCCCCCCCCCOCCCN(CCCN1C(=O)CCCCC/C=C\CCCCCCCC1=O)CC(O)CO. The number of rotatable bonds is 22. The van der Waals surface area contributed by atoms with Crippen LogP contribution < -0.4 is 0 Å². The number of ether oxygens (including phenoxy) is 1. The van der Waals surface area contributed by atoms with Crippen molar-refractivity contribution >= 4 is 11.8 Å². The lowest BCUT2D eigenvalue weighted by Gasteiger charge is -2.26. The first-order valence-corrected chi connectivity index (χ1v) is 19.0. The van der Waals surface area contributed by atoms with Crippen LogP contribution in [0, 0.1) is 5.92 Å². The number of carbonyl (C=O) groups excluding carboxylic acids is 2. The van der Waals surface area contributed by atoms with Crippen LogP contribution in [0.15, 0.2) is 12.2 Å². The fraction of sp³-hybridized carbons (Fsp3) is 0.895. The van der Waals surface area contributed by atoms with E-state index in [0.717, 1.165) is 83.3 Å². The van der Waals surface area contributed by atoms with Crippen molar-refractivity contribution in [3.63, 3.8) is 0 Å². The van der Waals surface area contributed by atoms with Gasteiger partial charge in [-0.05, 0) is 70.3 Å². The molecule has 0 bridgehead atoms. The fourth-order valence-corrected chi connectivity index (χ4v) is 6.09. The molecule has 0 aliphatic carbocycles. The van der Waals surface area contributed by atoms with Crippen molar-refractivity contribution in [1.82, 2.24) is 9.80 Å². The van der Waals surface area contributed by atoms with Crippen molar-refractivity contribution < 1.29 is 24.5 Å². The van der Waals surface area contributed by atoms with Crippen LogP contribution >= 0.6 is 0 Å². The van der Waals surface area contributed by atoms with E-state index in [4.69, 9.17) is 4.74 Å². The summed E-state index contributed by atoms with van der Waals surface area (Å²) < 4.78 is 5.89. The molecule has 45 heavy (non-hydrogen) atoms. The second-order valence-electron chi connectivity index (χ2n) is 13.8.